The first-order chi connectivity index (χ1) is 7.04. The normalized spacial score (nSPS) is 12.5. The molecule has 0 bridgehead atoms. The molecule has 4 nitrogen and oxygen atoms in total. The molecule has 1 amide bonds. The Labute approximate surface area is 97.6 Å². The van der Waals surface area contributed by atoms with Crippen LogP contribution in [-0.2, 0) is 0 Å². The second-order valence-corrected chi connectivity index (χ2v) is 4.29. The molecule has 1 aromatic rings. The second-order valence-electron chi connectivity index (χ2n) is 3.50. The number of amides is 1. The number of alkyl halides is 1. The fourth-order valence-electron chi connectivity index (χ4n) is 1.27. The number of nitrogens with one attached hydrogen (secondary N) is 1. The summed E-state index contributed by atoms with van der Waals surface area (Å²) in [6.45, 7) is 5.45. The molecular formula is C10H15BrN2O2. The lowest BCUT2D eigenvalue weighted by molar-refractivity contribution is 0.0909. The Morgan fingerprint density at radius 1 is 1.60 bits per heavy atom. The van der Waals surface area contributed by atoms with Crippen molar-refractivity contribution in [2.24, 2.45) is 0 Å². The van der Waals surface area contributed by atoms with E-state index in [1.807, 2.05) is 6.92 Å². The maximum absolute atomic E-state index is 11.7. The fourth-order valence-corrected chi connectivity index (χ4v) is 1.95. The number of carbonyl (C=O) groups is 1. The van der Waals surface area contributed by atoms with Gasteiger partial charge in [-0.25, -0.2) is 4.98 Å². The highest BCUT2D eigenvalue weighted by Gasteiger charge is 2.17. The van der Waals surface area contributed by atoms with Gasteiger partial charge in [0.15, 0.2) is 5.89 Å². The van der Waals surface area contributed by atoms with Gasteiger partial charge in [-0.3, -0.25) is 4.79 Å². The molecule has 1 rings (SSSR count). The standard InChI is InChI=1S/C10H15BrN2O2/c1-6(4-5-11)12-10(14)9-7(2)13-8(3)15-9/h6H,4-5H2,1-3H3,(H,12,14). The molecule has 0 aromatic carbocycles. The summed E-state index contributed by atoms with van der Waals surface area (Å²) in [5.74, 6) is 0.640. The van der Waals surface area contributed by atoms with Crippen molar-refractivity contribution in [1.29, 1.82) is 0 Å². The van der Waals surface area contributed by atoms with Gasteiger partial charge in [-0.1, -0.05) is 15.9 Å². The van der Waals surface area contributed by atoms with Crippen molar-refractivity contribution in [2.75, 3.05) is 5.33 Å². The first-order valence-electron chi connectivity index (χ1n) is 4.85. The molecule has 15 heavy (non-hydrogen) atoms. The number of rotatable bonds is 4. The minimum atomic E-state index is -0.193. The Hall–Kier alpha value is -0.840. The van der Waals surface area contributed by atoms with Crippen LogP contribution in [0.1, 0.15) is 35.5 Å². The molecule has 1 unspecified atom stereocenters. The summed E-state index contributed by atoms with van der Waals surface area (Å²) in [6.07, 6.45) is 0.887. The van der Waals surface area contributed by atoms with Gasteiger partial charge >= 0.3 is 0 Å². The highest BCUT2D eigenvalue weighted by molar-refractivity contribution is 9.09. The Bertz CT molecular complexity index is 349. The van der Waals surface area contributed by atoms with Gasteiger partial charge in [-0.2, -0.15) is 0 Å². The predicted molar refractivity (Wildman–Crippen MR) is 61.3 cm³/mol. The number of hydrogen-bond acceptors (Lipinski definition) is 3. The zero-order chi connectivity index (χ0) is 11.4. The lowest BCUT2D eigenvalue weighted by atomic mass is 10.2. The Kier molecular flexibility index (Phi) is 4.32. The fraction of sp³-hybridized carbons (Fsp3) is 0.600. The molecule has 0 radical (unpaired) electrons. The van der Waals surface area contributed by atoms with Crippen LogP contribution >= 0.6 is 15.9 Å². The molecule has 5 heteroatoms. The Balaban J connectivity index is 2.65. The third-order valence-electron chi connectivity index (χ3n) is 2.03. The number of carbonyl (C=O) groups excluding carboxylic acids is 1. The summed E-state index contributed by atoms with van der Waals surface area (Å²) in [6, 6.07) is 0.127. The van der Waals surface area contributed by atoms with Crippen molar-refractivity contribution in [3.05, 3.63) is 17.3 Å². The van der Waals surface area contributed by atoms with Crippen molar-refractivity contribution in [2.45, 2.75) is 33.2 Å². The van der Waals surface area contributed by atoms with Crippen molar-refractivity contribution >= 4 is 21.8 Å². The average molecular weight is 275 g/mol. The minimum absolute atomic E-state index is 0.127. The van der Waals surface area contributed by atoms with Crippen molar-refractivity contribution in [1.82, 2.24) is 10.3 Å². The summed E-state index contributed by atoms with van der Waals surface area (Å²) >= 11 is 3.33. The average Bonchev–Trinajstić information content (AvgIpc) is 2.45. The number of hydrogen-bond donors (Lipinski definition) is 1. The lowest BCUT2D eigenvalue weighted by Gasteiger charge is -2.10. The molecule has 0 spiro atoms. The molecule has 84 valence electrons. The third-order valence-corrected chi connectivity index (χ3v) is 2.49. The highest BCUT2D eigenvalue weighted by Crippen LogP contribution is 2.09. The number of aromatic nitrogens is 1. The molecule has 0 saturated carbocycles. The van der Waals surface area contributed by atoms with E-state index in [2.05, 4.69) is 26.2 Å². The van der Waals surface area contributed by atoms with Crippen LogP contribution in [0, 0.1) is 13.8 Å². The smallest absolute Gasteiger partial charge is 0.289 e. The Morgan fingerprint density at radius 2 is 2.27 bits per heavy atom. The number of nitrogens with zero attached hydrogens (tertiary/aromatic N) is 1. The van der Waals surface area contributed by atoms with Gasteiger partial charge in [-0.05, 0) is 20.3 Å². The van der Waals surface area contributed by atoms with Crippen molar-refractivity contribution in [3.8, 4) is 0 Å². The van der Waals surface area contributed by atoms with Crippen LogP contribution in [0.25, 0.3) is 0 Å². The number of aryl methyl sites for hydroxylation is 2. The van der Waals surface area contributed by atoms with Crippen LogP contribution in [0.3, 0.4) is 0 Å². The molecule has 1 heterocycles. The molecule has 0 aliphatic carbocycles. The predicted octanol–water partition coefficient (Wildman–Crippen LogP) is 2.19. The van der Waals surface area contributed by atoms with Crippen LogP contribution < -0.4 is 5.32 Å². The van der Waals surface area contributed by atoms with Gasteiger partial charge in [0.25, 0.3) is 5.91 Å². The maximum Gasteiger partial charge on any atom is 0.289 e. The lowest BCUT2D eigenvalue weighted by Crippen LogP contribution is -2.32. The van der Waals surface area contributed by atoms with E-state index in [0.29, 0.717) is 17.3 Å². The van der Waals surface area contributed by atoms with E-state index in [1.54, 1.807) is 13.8 Å². The summed E-state index contributed by atoms with van der Waals surface area (Å²) in [4.78, 5) is 15.8. The van der Waals surface area contributed by atoms with E-state index in [4.69, 9.17) is 4.42 Å². The zero-order valence-corrected chi connectivity index (χ0v) is 10.7. The first-order valence-corrected chi connectivity index (χ1v) is 5.97. The SMILES string of the molecule is Cc1nc(C)c(C(=O)NC(C)CCBr)o1. The van der Waals surface area contributed by atoms with E-state index in [1.165, 1.54) is 0 Å². The van der Waals surface area contributed by atoms with Crippen LogP contribution in [0.15, 0.2) is 4.42 Å². The third kappa shape index (κ3) is 3.34. The summed E-state index contributed by atoms with van der Waals surface area (Å²) < 4.78 is 5.22. The van der Waals surface area contributed by atoms with E-state index in [9.17, 15) is 4.79 Å². The maximum atomic E-state index is 11.7. The van der Waals surface area contributed by atoms with E-state index in [0.717, 1.165) is 11.8 Å². The minimum Gasteiger partial charge on any atom is -0.436 e. The molecule has 1 N–H and O–H groups in total. The van der Waals surface area contributed by atoms with Crippen molar-refractivity contribution in [3.63, 3.8) is 0 Å². The van der Waals surface area contributed by atoms with Crippen LogP contribution in [-0.4, -0.2) is 22.3 Å². The zero-order valence-electron chi connectivity index (χ0n) is 9.13. The van der Waals surface area contributed by atoms with Gasteiger partial charge in [0.05, 0.1) is 5.69 Å². The van der Waals surface area contributed by atoms with Gasteiger partial charge in [0.2, 0.25) is 5.76 Å². The van der Waals surface area contributed by atoms with Crippen molar-refractivity contribution < 1.29 is 9.21 Å². The molecule has 0 aliphatic rings. The van der Waals surface area contributed by atoms with Crippen LogP contribution in [0.2, 0.25) is 0 Å². The number of oxazole rings is 1. The summed E-state index contributed by atoms with van der Waals surface area (Å²) in [5, 5.41) is 3.71. The summed E-state index contributed by atoms with van der Waals surface area (Å²) in [7, 11) is 0. The molecule has 0 aliphatic heterocycles. The molecule has 1 aromatic heterocycles. The number of halogens is 1. The van der Waals surface area contributed by atoms with Gasteiger partial charge in [-0.15, -0.1) is 0 Å². The second kappa shape index (κ2) is 5.30. The molecule has 1 atom stereocenters. The molecular weight excluding hydrogens is 260 g/mol. The van der Waals surface area contributed by atoms with Gasteiger partial charge in [0.1, 0.15) is 0 Å². The quantitative estimate of drug-likeness (QED) is 0.857. The van der Waals surface area contributed by atoms with E-state index >= 15 is 0 Å². The van der Waals surface area contributed by atoms with Crippen LogP contribution in [0.5, 0.6) is 0 Å². The van der Waals surface area contributed by atoms with Gasteiger partial charge in [0, 0.05) is 18.3 Å². The van der Waals surface area contributed by atoms with Gasteiger partial charge < -0.3 is 9.73 Å². The van der Waals surface area contributed by atoms with E-state index in [-0.39, 0.29) is 11.9 Å². The molecule has 0 saturated heterocycles. The van der Waals surface area contributed by atoms with Crippen LogP contribution in [0.4, 0.5) is 0 Å². The monoisotopic (exact) mass is 274 g/mol. The molecule has 0 fully saturated rings. The topological polar surface area (TPSA) is 55.1 Å². The van der Waals surface area contributed by atoms with E-state index < -0.39 is 0 Å². The summed E-state index contributed by atoms with van der Waals surface area (Å²) in [5.41, 5.74) is 0.635. The largest absolute Gasteiger partial charge is 0.436 e. The first kappa shape index (κ1) is 12.2. The highest BCUT2D eigenvalue weighted by atomic mass is 79.9. The Morgan fingerprint density at radius 3 is 2.73 bits per heavy atom.